The van der Waals surface area contributed by atoms with Gasteiger partial charge in [0.1, 0.15) is 0 Å². The van der Waals surface area contributed by atoms with Gasteiger partial charge in [-0.05, 0) is 38.5 Å². The van der Waals surface area contributed by atoms with E-state index in [1.165, 1.54) is 64.6 Å². The molecular formula is C13H26N2S. The van der Waals surface area contributed by atoms with E-state index in [1.54, 1.807) is 0 Å². The van der Waals surface area contributed by atoms with Gasteiger partial charge in [0.25, 0.3) is 0 Å². The van der Waals surface area contributed by atoms with Crippen molar-refractivity contribution in [1.29, 1.82) is 0 Å². The summed E-state index contributed by atoms with van der Waals surface area (Å²) in [6, 6.07) is 0.731. The second-order valence-electron chi connectivity index (χ2n) is 5.37. The van der Waals surface area contributed by atoms with E-state index in [4.69, 9.17) is 0 Å². The van der Waals surface area contributed by atoms with Crippen molar-refractivity contribution >= 4 is 11.8 Å². The molecule has 0 aromatic carbocycles. The fraction of sp³-hybridized carbons (Fsp3) is 1.00. The van der Waals surface area contributed by atoms with Crippen molar-refractivity contribution in [3.8, 4) is 0 Å². The Bertz CT molecular complexity index is 196. The first-order chi connectivity index (χ1) is 7.85. The van der Waals surface area contributed by atoms with Crippen molar-refractivity contribution in [2.45, 2.75) is 55.7 Å². The Kier molecular flexibility index (Phi) is 4.98. The molecule has 0 amide bonds. The van der Waals surface area contributed by atoms with Crippen molar-refractivity contribution in [3.05, 3.63) is 0 Å². The summed E-state index contributed by atoms with van der Waals surface area (Å²) >= 11 is 2.08. The van der Waals surface area contributed by atoms with Crippen molar-refractivity contribution in [1.82, 2.24) is 10.6 Å². The van der Waals surface area contributed by atoms with Crippen LogP contribution in [0, 0.1) is 0 Å². The molecule has 0 aromatic rings. The van der Waals surface area contributed by atoms with Gasteiger partial charge in [-0.2, -0.15) is 11.8 Å². The molecule has 1 heterocycles. The van der Waals surface area contributed by atoms with Crippen LogP contribution in [0.15, 0.2) is 0 Å². The van der Waals surface area contributed by atoms with Gasteiger partial charge in [0, 0.05) is 23.9 Å². The van der Waals surface area contributed by atoms with Crippen LogP contribution in [0.25, 0.3) is 0 Å². The molecule has 2 N–H and O–H groups in total. The Morgan fingerprint density at radius 3 is 2.69 bits per heavy atom. The summed E-state index contributed by atoms with van der Waals surface area (Å²) in [7, 11) is 0. The Morgan fingerprint density at radius 1 is 1.25 bits per heavy atom. The van der Waals surface area contributed by atoms with E-state index in [0.29, 0.717) is 4.75 Å². The average Bonchev–Trinajstić information content (AvgIpc) is 2.80. The average molecular weight is 242 g/mol. The predicted octanol–water partition coefficient (Wildman–Crippen LogP) is 2.39. The standard InChI is InChI=1S/C13H26N2S/c1-16-13(7-3-4-8-13)11-14-10-12-6-2-5-9-15-12/h12,14-15H,2-11H2,1H3. The molecular weight excluding hydrogens is 216 g/mol. The third-order valence-electron chi connectivity index (χ3n) is 4.20. The van der Waals surface area contributed by atoms with E-state index in [0.717, 1.165) is 6.04 Å². The van der Waals surface area contributed by atoms with Gasteiger partial charge in [-0.15, -0.1) is 0 Å². The number of rotatable bonds is 5. The second kappa shape index (κ2) is 6.27. The number of piperidine rings is 1. The molecule has 1 saturated heterocycles. The fourth-order valence-electron chi connectivity index (χ4n) is 3.04. The number of hydrogen-bond donors (Lipinski definition) is 2. The number of hydrogen-bond acceptors (Lipinski definition) is 3. The molecule has 1 saturated carbocycles. The lowest BCUT2D eigenvalue weighted by atomic mass is 10.0. The molecule has 0 radical (unpaired) electrons. The Balaban J connectivity index is 1.66. The molecule has 1 aliphatic heterocycles. The van der Waals surface area contributed by atoms with E-state index in [2.05, 4.69) is 28.7 Å². The van der Waals surface area contributed by atoms with Crippen LogP contribution in [0.2, 0.25) is 0 Å². The summed E-state index contributed by atoms with van der Waals surface area (Å²) in [4.78, 5) is 0. The molecule has 2 aliphatic rings. The van der Waals surface area contributed by atoms with E-state index >= 15 is 0 Å². The zero-order valence-corrected chi connectivity index (χ0v) is 11.4. The van der Waals surface area contributed by atoms with Gasteiger partial charge in [0.05, 0.1) is 0 Å². The third kappa shape index (κ3) is 3.38. The lowest BCUT2D eigenvalue weighted by Crippen LogP contribution is -2.45. The van der Waals surface area contributed by atoms with Gasteiger partial charge in [0.2, 0.25) is 0 Å². The van der Waals surface area contributed by atoms with Crippen LogP contribution < -0.4 is 10.6 Å². The molecule has 1 atom stereocenters. The SMILES string of the molecule is CSC1(CNCC2CCCCN2)CCCC1. The van der Waals surface area contributed by atoms with Crippen LogP contribution in [-0.2, 0) is 0 Å². The molecule has 16 heavy (non-hydrogen) atoms. The summed E-state index contributed by atoms with van der Waals surface area (Å²) in [5.41, 5.74) is 0. The minimum absolute atomic E-state index is 0.564. The molecule has 2 fully saturated rings. The van der Waals surface area contributed by atoms with Crippen molar-refractivity contribution in [2.24, 2.45) is 0 Å². The highest BCUT2D eigenvalue weighted by Crippen LogP contribution is 2.39. The summed E-state index contributed by atoms with van der Waals surface area (Å²) in [6.45, 7) is 3.61. The van der Waals surface area contributed by atoms with Crippen molar-refractivity contribution in [3.63, 3.8) is 0 Å². The highest BCUT2D eigenvalue weighted by atomic mass is 32.2. The molecule has 2 nitrogen and oxygen atoms in total. The molecule has 0 spiro atoms. The molecule has 3 heteroatoms. The Labute approximate surface area is 104 Å². The van der Waals surface area contributed by atoms with Crippen LogP contribution in [-0.4, -0.2) is 36.7 Å². The maximum atomic E-state index is 3.71. The summed E-state index contributed by atoms with van der Waals surface area (Å²) < 4.78 is 0.564. The van der Waals surface area contributed by atoms with Gasteiger partial charge in [-0.25, -0.2) is 0 Å². The summed E-state index contributed by atoms with van der Waals surface area (Å²) in [5.74, 6) is 0. The zero-order valence-electron chi connectivity index (χ0n) is 10.6. The van der Waals surface area contributed by atoms with Gasteiger partial charge < -0.3 is 10.6 Å². The minimum Gasteiger partial charge on any atom is -0.314 e. The van der Waals surface area contributed by atoms with E-state index in [9.17, 15) is 0 Å². The highest BCUT2D eigenvalue weighted by molar-refractivity contribution is 8.00. The van der Waals surface area contributed by atoms with Gasteiger partial charge in [0.15, 0.2) is 0 Å². The lowest BCUT2D eigenvalue weighted by molar-refractivity contribution is 0.376. The normalized spacial score (nSPS) is 29.4. The first kappa shape index (κ1) is 12.7. The van der Waals surface area contributed by atoms with Gasteiger partial charge in [-0.1, -0.05) is 19.3 Å². The van der Waals surface area contributed by atoms with Gasteiger partial charge >= 0.3 is 0 Å². The molecule has 2 rings (SSSR count). The van der Waals surface area contributed by atoms with E-state index < -0.39 is 0 Å². The first-order valence-corrected chi connectivity index (χ1v) is 8.06. The summed E-state index contributed by atoms with van der Waals surface area (Å²) in [5, 5.41) is 7.31. The van der Waals surface area contributed by atoms with E-state index in [-0.39, 0.29) is 0 Å². The summed E-state index contributed by atoms with van der Waals surface area (Å²) in [6.07, 6.45) is 12.1. The molecule has 94 valence electrons. The third-order valence-corrected chi connectivity index (χ3v) is 5.62. The van der Waals surface area contributed by atoms with Gasteiger partial charge in [-0.3, -0.25) is 0 Å². The predicted molar refractivity (Wildman–Crippen MR) is 73.2 cm³/mol. The monoisotopic (exact) mass is 242 g/mol. The maximum Gasteiger partial charge on any atom is 0.0281 e. The fourth-order valence-corrected chi connectivity index (χ4v) is 3.99. The van der Waals surface area contributed by atoms with Crippen LogP contribution in [0.1, 0.15) is 44.9 Å². The second-order valence-corrected chi connectivity index (χ2v) is 6.65. The number of nitrogens with one attached hydrogen (secondary N) is 2. The largest absolute Gasteiger partial charge is 0.314 e. The van der Waals surface area contributed by atoms with Crippen molar-refractivity contribution in [2.75, 3.05) is 25.9 Å². The van der Waals surface area contributed by atoms with Crippen molar-refractivity contribution < 1.29 is 0 Å². The van der Waals surface area contributed by atoms with Crippen LogP contribution in [0.4, 0.5) is 0 Å². The molecule has 0 aromatic heterocycles. The van der Waals surface area contributed by atoms with Crippen LogP contribution in [0.3, 0.4) is 0 Å². The topological polar surface area (TPSA) is 24.1 Å². The quantitative estimate of drug-likeness (QED) is 0.774. The van der Waals surface area contributed by atoms with Crippen LogP contribution >= 0.6 is 11.8 Å². The minimum atomic E-state index is 0.564. The first-order valence-electron chi connectivity index (χ1n) is 6.84. The maximum absolute atomic E-state index is 3.71. The molecule has 0 bridgehead atoms. The Morgan fingerprint density at radius 2 is 2.06 bits per heavy atom. The highest BCUT2D eigenvalue weighted by Gasteiger charge is 2.32. The molecule has 1 aliphatic carbocycles. The Hall–Kier alpha value is 0.270. The zero-order chi connectivity index (χ0) is 11.3. The number of thioether (sulfide) groups is 1. The lowest BCUT2D eigenvalue weighted by Gasteiger charge is -2.29. The van der Waals surface area contributed by atoms with Crippen LogP contribution in [0.5, 0.6) is 0 Å². The van der Waals surface area contributed by atoms with E-state index in [1.807, 2.05) is 0 Å². The smallest absolute Gasteiger partial charge is 0.0281 e. The molecule has 1 unspecified atom stereocenters.